The van der Waals surface area contributed by atoms with E-state index in [0.717, 1.165) is 44.6 Å². The zero-order valence-electron chi connectivity index (χ0n) is 16.5. The number of benzene rings is 2. The summed E-state index contributed by atoms with van der Waals surface area (Å²) in [5, 5.41) is 6.60. The van der Waals surface area contributed by atoms with Gasteiger partial charge in [-0.3, -0.25) is 9.69 Å². The first kappa shape index (κ1) is 19.6. The van der Waals surface area contributed by atoms with Gasteiger partial charge in [-0.25, -0.2) is 0 Å². The van der Waals surface area contributed by atoms with E-state index in [0.29, 0.717) is 6.54 Å². The molecule has 0 saturated carbocycles. The minimum atomic E-state index is -0.00712. The summed E-state index contributed by atoms with van der Waals surface area (Å²) in [6.07, 6.45) is 2.21. The second kappa shape index (κ2) is 9.67. The monoisotopic (exact) mass is 365 g/mol. The zero-order valence-corrected chi connectivity index (χ0v) is 16.5. The molecule has 0 bridgehead atoms. The summed E-state index contributed by atoms with van der Waals surface area (Å²) < 4.78 is 0. The van der Waals surface area contributed by atoms with Crippen molar-refractivity contribution in [1.29, 1.82) is 0 Å². The number of nitrogens with zero attached hydrogens (tertiary/aromatic N) is 1. The summed E-state index contributed by atoms with van der Waals surface area (Å²) in [6.45, 7) is 9.05. The minimum absolute atomic E-state index is 0.00712. The van der Waals surface area contributed by atoms with Gasteiger partial charge in [-0.15, -0.1) is 0 Å². The van der Waals surface area contributed by atoms with Crippen LogP contribution in [0.2, 0.25) is 0 Å². The predicted molar refractivity (Wildman–Crippen MR) is 111 cm³/mol. The lowest BCUT2D eigenvalue weighted by Crippen LogP contribution is -2.38. The Morgan fingerprint density at radius 3 is 2.67 bits per heavy atom. The van der Waals surface area contributed by atoms with Crippen molar-refractivity contribution in [3.05, 3.63) is 70.8 Å². The van der Waals surface area contributed by atoms with Crippen LogP contribution >= 0.6 is 0 Å². The highest BCUT2D eigenvalue weighted by molar-refractivity contribution is 5.94. The van der Waals surface area contributed by atoms with Gasteiger partial charge in [0.25, 0.3) is 5.91 Å². The lowest BCUT2D eigenvalue weighted by Gasteiger charge is -2.27. The Labute approximate surface area is 163 Å². The molecule has 0 spiro atoms. The fourth-order valence-electron chi connectivity index (χ4n) is 3.76. The fraction of sp³-hybridized carbons (Fsp3) is 0.435. The number of hydrogen-bond donors (Lipinski definition) is 2. The first-order chi connectivity index (χ1) is 13.2. The van der Waals surface area contributed by atoms with Gasteiger partial charge in [0.15, 0.2) is 0 Å². The molecule has 2 N–H and O–H groups in total. The van der Waals surface area contributed by atoms with Crippen LogP contribution in [0.1, 0.15) is 53.4 Å². The molecule has 1 unspecified atom stereocenters. The van der Waals surface area contributed by atoms with Crippen LogP contribution < -0.4 is 10.6 Å². The van der Waals surface area contributed by atoms with E-state index in [4.69, 9.17) is 0 Å². The zero-order chi connectivity index (χ0) is 19.1. The quantitative estimate of drug-likeness (QED) is 0.752. The standard InChI is InChI=1S/C23H31N3O/c1-3-15-26(4-2)17-18-9-11-20(12-10-18)23(27)25-16-22-21-8-6-5-7-19(21)13-14-24-22/h5-12,22,24H,3-4,13-17H2,1-2H3,(H,25,27). The Hall–Kier alpha value is -2.17. The number of carbonyl (C=O) groups excluding carboxylic acids is 1. The normalized spacial score (nSPS) is 16.2. The molecular weight excluding hydrogens is 334 g/mol. The molecule has 0 fully saturated rings. The molecule has 4 heteroatoms. The maximum Gasteiger partial charge on any atom is 0.251 e. The van der Waals surface area contributed by atoms with Crippen molar-refractivity contribution < 1.29 is 4.79 Å². The van der Waals surface area contributed by atoms with E-state index < -0.39 is 0 Å². The molecule has 1 heterocycles. The van der Waals surface area contributed by atoms with E-state index in [9.17, 15) is 4.79 Å². The minimum Gasteiger partial charge on any atom is -0.350 e. The summed E-state index contributed by atoms with van der Waals surface area (Å²) in [4.78, 5) is 15.0. The summed E-state index contributed by atoms with van der Waals surface area (Å²) in [5.41, 5.74) is 4.66. The Balaban J connectivity index is 1.56. The number of rotatable bonds is 8. The van der Waals surface area contributed by atoms with Crippen LogP contribution in [0.5, 0.6) is 0 Å². The molecule has 144 valence electrons. The van der Waals surface area contributed by atoms with Gasteiger partial charge < -0.3 is 10.6 Å². The van der Waals surface area contributed by atoms with Crippen LogP contribution in [-0.4, -0.2) is 37.0 Å². The van der Waals surface area contributed by atoms with Gasteiger partial charge in [0, 0.05) is 24.7 Å². The third-order valence-corrected chi connectivity index (χ3v) is 5.29. The van der Waals surface area contributed by atoms with Crippen molar-refractivity contribution in [3.63, 3.8) is 0 Å². The highest BCUT2D eigenvalue weighted by Gasteiger charge is 2.19. The lowest BCUT2D eigenvalue weighted by atomic mass is 9.94. The highest BCUT2D eigenvalue weighted by atomic mass is 16.1. The van der Waals surface area contributed by atoms with Gasteiger partial charge in [0.1, 0.15) is 0 Å². The number of amides is 1. The van der Waals surface area contributed by atoms with E-state index in [-0.39, 0.29) is 11.9 Å². The van der Waals surface area contributed by atoms with Crippen LogP contribution in [0.25, 0.3) is 0 Å². The Morgan fingerprint density at radius 2 is 1.93 bits per heavy atom. The van der Waals surface area contributed by atoms with Crippen LogP contribution in [0.15, 0.2) is 48.5 Å². The van der Waals surface area contributed by atoms with Crippen LogP contribution in [-0.2, 0) is 13.0 Å². The van der Waals surface area contributed by atoms with Crippen molar-refractivity contribution in [3.8, 4) is 0 Å². The second-order valence-electron chi connectivity index (χ2n) is 7.23. The van der Waals surface area contributed by atoms with Crippen LogP contribution in [0.4, 0.5) is 0 Å². The average molecular weight is 366 g/mol. The summed E-state index contributed by atoms with van der Waals surface area (Å²) >= 11 is 0. The molecule has 2 aromatic rings. The molecule has 0 saturated heterocycles. The van der Waals surface area contributed by atoms with E-state index in [1.165, 1.54) is 16.7 Å². The molecule has 1 atom stereocenters. The van der Waals surface area contributed by atoms with Crippen molar-refractivity contribution in [1.82, 2.24) is 15.5 Å². The third kappa shape index (κ3) is 5.18. The van der Waals surface area contributed by atoms with Crippen molar-refractivity contribution in [2.24, 2.45) is 0 Å². The summed E-state index contributed by atoms with van der Waals surface area (Å²) in [7, 11) is 0. The molecule has 3 rings (SSSR count). The first-order valence-corrected chi connectivity index (χ1v) is 10.1. The maximum absolute atomic E-state index is 12.5. The molecule has 27 heavy (non-hydrogen) atoms. The van der Waals surface area contributed by atoms with E-state index in [1.807, 2.05) is 12.1 Å². The predicted octanol–water partition coefficient (Wildman–Crippen LogP) is 3.54. The molecule has 2 aromatic carbocycles. The average Bonchev–Trinajstić information content (AvgIpc) is 2.72. The Morgan fingerprint density at radius 1 is 1.15 bits per heavy atom. The van der Waals surface area contributed by atoms with Crippen LogP contribution in [0, 0.1) is 0 Å². The number of fused-ring (bicyclic) bond motifs is 1. The van der Waals surface area contributed by atoms with Crippen LogP contribution in [0.3, 0.4) is 0 Å². The fourth-order valence-corrected chi connectivity index (χ4v) is 3.76. The van der Waals surface area contributed by atoms with Gasteiger partial charge in [-0.1, -0.05) is 50.2 Å². The molecule has 1 amide bonds. The number of nitrogens with one attached hydrogen (secondary N) is 2. The smallest absolute Gasteiger partial charge is 0.251 e. The van der Waals surface area contributed by atoms with Crippen molar-refractivity contribution >= 4 is 5.91 Å². The number of carbonyl (C=O) groups is 1. The van der Waals surface area contributed by atoms with Crippen molar-refractivity contribution in [2.75, 3.05) is 26.2 Å². The van der Waals surface area contributed by atoms with E-state index >= 15 is 0 Å². The lowest BCUT2D eigenvalue weighted by molar-refractivity contribution is 0.0949. The maximum atomic E-state index is 12.5. The Bertz CT molecular complexity index is 742. The Kier molecular flexibility index (Phi) is 7.02. The van der Waals surface area contributed by atoms with Gasteiger partial charge in [-0.05, 0) is 61.3 Å². The highest BCUT2D eigenvalue weighted by Crippen LogP contribution is 2.22. The molecule has 4 nitrogen and oxygen atoms in total. The van der Waals surface area contributed by atoms with E-state index in [1.54, 1.807) is 0 Å². The summed E-state index contributed by atoms with van der Waals surface area (Å²) in [6, 6.07) is 16.7. The molecular formula is C23H31N3O. The molecule has 1 aliphatic rings. The summed E-state index contributed by atoms with van der Waals surface area (Å²) in [5.74, 6) is -0.00712. The first-order valence-electron chi connectivity index (χ1n) is 10.1. The third-order valence-electron chi connectivity index (χ3n) is 5.29. The molecule has 0 aromatic heterocycles. The van der Waals surface area contributed by atoms with Crippen molar-refractivity contribution in [2.45, 2.75) is 39.3 Å². The van der Waals surface area contributed by atoms with E-state index in [2.05, 4.69) is 65.8 Å². The van der Waals surface area contributed by atoms with Gasteiger partial charge in [0.05, 0.1) is 0 Å². The molecule has 1 aliphatic heterocycles. The van der Waals surface area contributed by atoms with Gasteiger partial charge in [-0.2, -0.15) is 0 Å². The topological polar surface area (TPSA) is 44.4 Å². The van der Waals surface area contributed by atoms with Gasteiger partial charge >= 0.3 is 0 Å². The SMILES string of the molecule is CCCN(CC)Cc1ccc(C(=O)NCC2NCCc3ccccc32)cc1. The number of hydrogen-bond acceptors (Lipinski definition) is 3. The van der Waals surface area contributed by atoms with Gasteiger partial charge in [0.2, 0.25) is 0 Å². The molecule has 0 radical (unpaired) electrons. The largest absolute Gasteiger partial charge is 0.350 e. The molecule has 0 aliphatic carbocycles. The second-order valence-corrected chi connectivity index (χ2v) is 7.23.